The summed E-state index contributed by atoms with van der Waals surface area (Å²) in [6, 6.07) is 0. The van der Waals surface area contributed by atoms with Gasteiger partial charge in [0.25, 0.3) is 0 Å². The van der Waals surface area contributed by atoms with E-state index < -0.39 is 9.84 Å². The smallest absolute Gasteiger partial charge is 0.281 e. The van der Waals surface area contributed by atoms with Crippen molar-refractivity contribution in [2.24, 2.45) is 5.41 Å². The third-order valence-corrected chi connectivity index (χ3v) is 4.54. The monoisotopic (exact) mass is 287 g/mol. The summed E-state index contributed by atoms with van der Waals surface area (Å²) in [4.78, 5) is 12.2. The van der Waals surface area contributed by atoms with Crippen LogP contribution in [-0.4, -0.2) is 34.8 Å². The molecule has 7 heteroatoms. The van der Waals surface area contributed by atoms with E-state index in [1.807, 2.05) is 20.8 Å². The predicted octanol–water partition coefficient (Wildman–Crippen LogP) is 0.625. The molecule has 19 heavy (non-hydrogen) atoms. The zero-order valence-corrected chi connectivity index (χ0v) is 12.7. The molecule has 6 nitrogen and oxygen atoms in total. The maximum atomic E-state index is 12.2. The molecule has 108 valence electrons. The Morgan fingerprint density at radius 1 is 1.37 bits per heavy atom. The van der Waals surface area contributed by atoms with E-state index in [0.717, 1.165) is 12.8 Å². The third-order valence-electron chi connectivity index (χ3n) is 3.40. The van der Waals surface area contributed by atoms with Crippen LogP contribution in [0, 0.1) is 5.41 Å². The average Bonchev–Trinajstić information content (AvgIpc) is 2.80. The fraction of sp³-hybridized carbons (Fsp3) is 0.833. The van der Waals surface area contributed by atoms with Crippen molar-refractivity contribution in [2.75, 3.05) is 12.0 Å². The van der Waals surface area contributed by atoms with Gasteiger partial charge in [-0.25, -0.2) is 17.9 Å². The van der Waals surface area contributed by atoms with Crippen LogP contribution in [-0.2, 0) is 21.9 Å². The SMILES string of the molecule is CC(C)(C)n1ncn(CC2(CS(C)(=O)=O)CC2)c1=O. The van der Waals surface area contributed by atoms with Gasteiger partial charge in [0.1, 0.15) is 16.2 Å². The Kier molecular flexibility index (Phi) is 3.16. The van der Waals surface area contributed by atoms with E-state index in [9.17, 15) is 13.2 Å². The van der Waals surface area contributed by atoms with Crippen molar-refractivity contribution in [3.8, 4) is 0 Å². The van der Waals surface area contributed by atoms with Crippen LogP contribution in [0.3, 0.4) is 0 Å². The summed E-state index contributed by atoms with van der Waals surface area (Å²) >= 11 is 0. The van der Waals surface area contributed by atoms with Gasteiger partial charge in [-0.3, -0.25) is 4.57 Å². The second-order valence-electron chi connectivity index (χ2n) is 6.69. The summed E-state index contributed by atoms with van der Waals surface area (Å²) in [5, 5.41) is 4.11. The fourth-order valence-corrected chi connectivity index (χ4v) is 3.84. The molecule has 0 atom stereocenters. The van der Waals surface area contributed by atoms with E-state index in [1.54, 1.807) is 0 Å². The van der Waals surface area contributed by atoms with Crippen LogP contribution in [0.4, 0.5) is 0 Å². The highest BCUT2D eigenvalue weighted by atomic mass is 32.2. The van der Waals surface area contributed by atoms with Gasteiger partial charge in [0.15, 0.2) is 0 Å². The van der Waals surface area contributed by atoms with Crippen molar-refractivity contribution in [3.05, 3.63) is 16.8 Å². The van der Waals surface area contributed by atoms with E-state index in [4.69, 9.17) is 0 Å². The second kappa shape index (κ2) is 4.19. The first-order valence-corrected chi connectivity index (χ1v) is 8.41. The molecule has 0 aliphatic heterocycles. The van der Waals surface area contributed by atoms with Crippen molar-refractivity contribution >= 4 is 9.84 Å². The van der Waals surface area contributed by atoms with Gasteiger partial charge in [0.2, 0.25) is 0 Å². The predicted molar refractivity (Wildman–Crippen MR) is 72.9 cm³/mol. The van der Waals surface area contributed by atoms with E-state index in [-0.39, 0.29) is 22.4 Å². The zero-order valence-electron chi connectivity index (χ0n) is 11.9. The maximum Gasteiger partial charge on any atom is 0.346 e. The minimum absolute atomic E-state index is 0.146. The summed E-state index contributed by atoms with van der Waals surface area (Å²) in [7, 11) is -3.02. The van der Waals surface area contributed by atoms with Crippen LogP contribution in [0.15, 0.2) is 11.1 Å². The molecular weight excluding hydrogens is 266 g/mol. The van der Waals surface area contributed by atoms with Crippen LogP contribution in [0.25, 0.3) is 0 Å². The lowest BCUT2D eigenvalue weighted by molar-refractivity contribution is 0.336. The lowest BCUT2D eigenvalue weighted by Gasteiger charge is -2.17. The normalized spacial score (nSPS) is 18.5. The van der Waals surface area contributed by atoms with Crippen molar-refractivity contribution in [1.82, 2.24) is 14.3 Å². The van der Waals surface area contributed by atoms with E-state index in [0.29, 0.717) is 6.54 Å². The first-order chi connectivity index (χ1) is 8.53. The van der Waals surface area contributed by atoms with Crippen LogP contribution < -0.4 is 5.69 Å². The lowest BCUT2D eigenvalue weighted by atomic mass is 10.1. The minimum atomic E-state index is -3.02. The van der Waals surface area contributed by atoms with Gasteiger partial charge in [0, 0.05) is 18.2 Å². The summed E-state index contributed by atoms with van der Waals surface area (Å²) in [5.41, 5.74) is -0.800. The number of nitrogens with zero attached hydrogens (tertiary/aromatic N) is 3. The molecule has 0 N–H and O–H groups in total. The lowest BCUT2D eigenvalue weighted by Crippen LogP contribution is -2.37. The Hall–Kier alpha value is -1.11. The van der Waals surface area contributed by atoms with Crippen molar-refractivity contribution in [3.63, 3.8) is 0 Å². The molecule has 1 fully saturated rings. The number of rotatable bonds is 4. The van der Waals surface area contributed by atoms with Crippen molar-refractivity contribution in [1.29, 1.82) is 0 Å². The Morgan fingerprint density at radius 3 is 2.32 bits per heavy atom. The first-order valence-electron chi connectivity index (χ1n) is 6.35. The molecule has 2 rings (SSSR count). The first kappa shape index (κ1) is 14.3. The molecule has 1 heterocycles. The van der Waals surface area contributed by atoms with Gasteiger partial charge in [-0.2, -0.15) is 5.10 Å². The Morgan fingerprint density at radius 2 is 1.95 bits per heavy atom. The molecule has 1 aliphatic rings. The molecule has 0 aromatic carbocycles. The van der Waals surface area contributed by atoms with E-state index in [1.165, 1.54) is 21.8 Å². The summed E-state index contributed by atoms with van der Waals surface area (Å²) < 4.78 is 25.8. The maximum absolute atomic E-state index is 12.2. The number of hydrogen-bond acceptors (Lipinski definition) is 4. The molecule has 0 amide bonds. The molecule has 0 saturated heterocycles. The van der Waals surface area contributed by atoms with Crippen molar-refractivity contribution in [2.45, 2.75) is 45.7 Å². The highest BCUT2D eigenvalue weighted by Gasteiger charge is 2.46. The van der Waals surface area contributed by atoms with Crippen LogP contribution >= 0.6 is 0 Å². The zero-order chi connectivity index (χ0) is 14.5. The van der Waals surface area contributed by atoms with Gasteiger partial charge >= 0.3 is 5.69 Å². The Bertz CT molecular complexity index is 630. The van der Waals surface area contributed by atoms with Crippen LogP contribution in [0.1, 0.15) is 33.6 Å². The number of aromatic nitrogens is 3. The molecule has 0 radical (unpaired) electrons. The summed E-state index contributed by atoms with van der Waals surface area (Å²) in [5.74, 6) is 0.146. The fourth-order valence-electron chi connectivity index (χ4n) is 2.35. The average molecular weight is 287 g/mol. The second-order valence-corrected chi connectivity index (χ2v) is 8.83. The summed E-state index contributed by atoms with van der Waals surface area (Å²) in [6.07, 6.45) is 4.46. The highest BCUT2D eigenvalue weighted by molar-refractivity contribution is 7.90. The standard InChI is InChI=1S/C12H21N3O3S/c1-11(2,3)15-10(16)14(9-13-15)7-12(5-6-12)8-19(4,17)18/h9H,5-8H2,1-4H3. The summed E-state index contributed by atoms with van der Waals surface area (Å²) in [6.45, 7) is 6.17. The minimum Gasteiger partial charge on any atom is -0.281 e. The molecule has 0 unspecified atom stereocenters. The Balaban J connectivity index is 2.22. The van der Waals surface area contributed by atoms with Crippen LogP contribution in [0.5, 0.6) is 0 Å². The van der Waals surface area contributed by atoms with Gasteiger partial charge in [0.05, 0.1) is 11.3 Å². The quantitative estimate of drug-likeness (QED) is 0.814. The van der Waals surface area contributed by atoms with Gasteiger partial charge in [-0.15, -0.1) is 0 Å². The topological polar surface area (TPSA) is 74.0 Å². The van der Waals surface area contributed by atoms with Crippen molar-refractivity contribution < 1.29 is 8.42 Å². The Labute approximate surface area is 113 Å². The van der Waals surface area contributed by atoms with E-state index in [2.05, 4.69) is 5.10 Å². The van der Waals surface area contributed by atoms with Gasteiger partial charge in [-0.1, -0.05) is 0 Å². The van der Waals surface area contributed by atoms with E-state index >= 15 is 0 Å². The van der Waals surface area contributed by atoms with Gasteiger partial charge in [-0.05, 0) is 33.6 Å². The molecule has 1 aliphatic carbocycles. The number of sulfone groups is 1. The highest BCUT2D eigenvalue weighted by Crippen LogP contribution is 2.47. The molecule has 1 aromatic heterocycles. The molecular formula is C12H21N3O3S. The largest absolute Gasteiger partial charge is 0.346 e. The van der Waals surface area contributed by atoms with Crippen LogP contribution in [0.2, 0.25) is 0 Å². The van der Waals surface area contributed by atoms with Gasteiger partial charge < -0.3 is 0 Å². The number of hydrogen-bond donors (Lipinski definition) is 0. The molecule has 1 saturated carbocycles. The molecule has 0 bridgehead atoms. The molecule has 0 spiro atoms. The molecule has 1 aromatic rings. The third kappa shape index (κ3) is 3.26.